The summed E-state index contributed by atoms with van der Waals surface area (Å²) in [5.41, 5.74) is 4.68. The largest absolute Gasteiger partial charge is 0.489 e. The lowest BCUT2D eigenvalue weighted by molar-refractivity contribution is 0.0812. The fourth-order valence-corrected chi connectivity index (χ4v) is 3.79. The number of aryl methyl sites for hydroxylation is 1. The van der Waals surface area contributed by atoms with Crippen molar-refractivity contribution in [3.8, 4) is 22.9 Å². The molecule has 1 aromatic heterocycles. The number of rotatable bonds is 8. The minimum absolute atomic E-state index is 0.0371. The first-order valence-electron chi connectivity index (χ1n) is 11.2. The van der Waals surface area contributed by atoms with Gasteiger partial charge in [-0.25, -0.2) is 14.6 Å². The van der Waals surface area contributed by atoms with Crippen LogP contribution in [0.25, 0.3) is 11.1 Å². The molecule has 0 aliphatic rings. The summed E-state index contributed by atoms with van der Waals surface area (Å²) in [5, 5.41) is 8.82. The summed E-state index contributed by atoms with van der Waals surface area (Å²) in [7, 11) is 1.61. The number of nitrogens with zero attached hydrogens (tertiary/aromatic N) is 3. The van der Waals surface area contributed by atoms with Gasteiger partial charge in [0.15, 0.2) is 0 Å². The summed E-state index contributed by atoms with van der Waals surface area (Å²) in [6, 6.07) is 22.7. The Kier molecular flexibility index (Phi) is 7.16. The van der Waals surface area contributed by atoms with E-state index in [9.17, 15) is 14.4 Å². The predicted molar refractivity (Wildman–Crippen MR) is 133 cm³/mol. The van der Waals surface area contributed by atoms with E-state index < -0.39 is 11.4 Å². The van der Waals surface area contributed by atoms with E-state index in [0.717, 1.165) is 32.6 Å². The van der Waals surface area contributed by atoms with Crippen molar-refractivity contribution in [2.45, 2.75) is 20.1 Å². The summed E-state index contributed by atoms with van der Waals surface area (Å²) in [4.78, 5) is 38.6. The van der Waals surface area contributed by atoms with E-state index in [1.807, 2.05) is 54.4 Å². The zero-order valence-electron chi connectivity index (χ0n) is 19.9. The normalized spacial score (nSPS) is 10.6. The molecule has 4 aromatic rings. The van der Waals surface area contributed by atoms with Gasteiger partial charge in [0.2, 0.25) is 0 Å². The maximum Gasteiger partial charge on any atom is 0.440 e. The number of aromatic amines is 1. The predicted octanol–water partition coefficient (Wildman–Crippen LogP) is 3.33. The highest BCUT2D eigenvalue weighted by Gasteiger charge is 2.13. The van der Waals surface area contributed by atoms with E-state index in [4.69, 9.17) is 14.5 Å². The molecule has 0 saturated heterocycles. The van der Waals surface area contributed by atoms with Crippen LogP contribution in [0.2, 0.25) is 0 Å². The van der Waals surface area contributed by atoms with Crippen molar-refractivity contribution in [2.24, 2.45) is 0 Å². The topological polar surface area (TPSA) is 121 Å². The SMILES string of the molecule is Cc1cc(C(=O)N(C)CC#N)ccc1-c1cccc(COc2ccc(Cn3oc(=O)[nH]c3=O)cc2)c1. The molecule has 0 aliphatic heterocycles. The molecule has 3 aromatic carbocycles. The highest BCUT2D eigenvalue weighted by Crippen LogP contribution is 2.26. The number of ether oxygens (including phenoxy) is 1. The Morgan fingerprint density at radius 3 is 2.53 bits per heavy atom. The van der Waals surface area contributed by atoms with Crippen molar-refractivity contribution in [1.29, 1.82) is 5.26 Å². The van der Waals surface area contributed by atoms with Crippen LogP contribution in [-0.2, 0) is 13.2 Å². The second kappa shape index (κ2) is 10.6. The zero-order chi connectivity index (χ0) is 25.7. The van der Waals surface area contributed by atoms with Crippen LogP contribution < -0.4 is 16.2 Å². The second-order valence-electron chi connectivity index (χ2n) is 8.33. The van der Waals surface area contributed by atoms with E-state index in [1.54, 1.807) is 37.4 Å². The molecule has 0 unspecified atom stereocenters. The smallest absolute Gasteiger partial charge is 0.440 e. The van der Waals surface area contributed by atoms with Crippen molar-refractivity contribution in [3.05, 3.63) is 110 Å². The van der Waals surface area contributed by atoms with Crippen LogP contribution in [0.5, 0.6) is 5.75 Å². The highest BCUT2D eigenvalue weighted by molar-refractivity contribution is 5.95. The Hall–Kier alpha value is -4.84. The lowest BCUT2D eigenvalue weighted by Crippen LogP contribution is -2.26. The first kappa shape index (κ1) is 24.3. The third-order valence-corrected chi connectivity index (χ3v) is 5.65. The van der Waals surface area contributed by atoms with Crippen LogP contribution in [0, 0.1) is 18.3 Å². The van der Waals surface area contributed by atoms with E-state index >= 15 is 0 Å². The summed E-state index contributed by atoms with van der Waals surface area (Å²) in [6.07, 6.45) is 0. The van der Waals surface area contributed by atoms with Crippen LogP contribution in [0.15, 0.2) is 80.8 Å². The molecule has 9 heteroatoms. The van der Waals surface area contributed by atoms with Gasteiger partial charge in [-0.2, -0.15) is 5.26 Å². The minimum atomic E-state index is -0.787. The molecular weight excluding hydrogens is 460 g/mol. The van der Waals surface area contributed by atoms with Crippen molar-refractivity contribution in [1.82, 2.24) is 14.6 Å². The number of nitrogens with one attached hydrogen (secondary N) is 1. The first-order valence-corrected chi connectivity index (χ1v) is 11.2. The van der Waals surface area contributed by atoms with Crippen LogP contribution >= 0.6 is 0 Å². The Morgan fingerprint density at radius 2 is 1.86 bits per heavy atom. The molecule has 0 fully saturated rings. The Balaban J connectivity index is 1.42. The standard InChI is InChI=1S/C27H24N4O5/c1-18-14-22(25(32)30(2)13-12-28)8-11-24(18)21-5-3-4-20(15-21)17-35-23-9-6-19(7-10-23)16-31-26(33)29-27(34)36-31/h3-11,14-15H,13,16-17H2,1-2H3,(H,29,33,34). The van der Waals surface area contributed by atoms with Gasteiger partial charge in [-0.1, -0.05) is 36.4 Å². The number of hydrogen-bond acceptors (Lipinski definition) is 6. The molecule has 0 spiro atoms. The number of benzene rings is 3. The monoisotopic (exact) mass is 484 g/mol. The Morgan fingerprint density at radius 1 is 1.08 bits per heavy atom. The van der Waals surface area contributed by atoms with E-state index in [0.29, 0.717) is 17.9 Å². The maximum absolute atomic E-state index is 12.5. The van der Waals surface area contributed by atoms with E-state index in [-0.39, 0.29) is 19.0 Å². The van der Waals surface area contributed by atoms with Crippen LogP contribution in [0.1, 0.15) is 27.0 Å². The molecular formula is C27H24N4O5. The summed E-state index contributed by atoms with van der Waals surface area (Å²) in [5.74, 6) is -0.318. The molecule has 0 saturated carbocycles. The molecule has 182 valence electrons. The number of carbonyl (C=O) groups excluding carboxylic acids is 1. The molecule has 1 heterocycles. The molecule has 0 aliphatic carbocycles. The first-order chi connectivity index (χ1) is 17.3. The lowest BCUT2D eigenvalue weighted by atomic mass is 9.97. The zero-order valence-corrected chi connectivity index (χ0v) is 19.9. The van der Waals surface area contributed by atoms with Crippen molar-refractivity contribution in [2.75, 3.05) is 13.6 Å². The number of H-pyrrole nitrogens is 1. The van der Waals surface area contributed by atoms with Crippen molar-refractivity contribution in [3.63, 3.8) is 0 Å². The molecule has 0 bridgehead atoms. The number of hydrogen-bond donors (Lipinski definition) is 1. The van der Waals surface area contributed by atoms with Crippen LogP contribution in [-0.4, -0.2) is 34.1 Å². The minimum Gasteiger partial charge on any atom is -0.489 e. The number of amides is 1. The average molecular weight is 485 g/mol. The maximum atomic E-state index is 12.5. The van der Waals surface area contributed by atoms with Crippen LogP contribution in [0.3, 0.4) is 0 Å². The van der Waals surface area contributed by atoms with Crippen molar-refractivity contribution >= 4 is 5.91 Å². The molecule has 4 rings (SSSR count). The highest BCUT2D eigenvalue weighted by atomic mass is 16.5. The number of nitriles is 1. The van der Waals surface area contributed by atoms with Gasteiger partial charge in [0.25, 0.3) is 5.91 Å². The quantitative estimate of drug-likeness (QED) is 0.383. The van der Waals surface area contributed by atoms with Gasteiger partial charge in [-0.15, -0.1) is 4.74 Å². The molecule has 0 radical (unpaired) electrons. The van der Waals surface area contributed by atoms with Gasteiger partial charge < -0.3 is 14.2 Å². The average Bonchev–Trinajstić information content (AvgIpc) is 3.19. The molecule has 0 atom stereocenters. The molecule has 1 N–H and O–H groups in total. The molecule has 9 nitrogen and oxygen atoms in total. The second-order valence-corrected chi connectivity index (χ2v) is 8.33. The summed E-state index contributed by atoms with van der Waals surface area (Å²) < 4.78 is 11.7. The third kappa shape index (κ3) is 5.62. The third-order valence-electron chi connectivity index (χ3n) is 5.65. The van der Waals surface area contributed by atoms with E-state index in [1.165, 1.54) is 4.90 Å². The van der Waals surface area contributed by atoms with E-state index in [2.05, 4.69) is 0 Å². The molecule has 36 heavy (non-hydrogen) atoms. The fourth-order valence-electron chi connectivity index (χ4n) is 3.79. The summed E-state index contributed by atoms with van der Waals surface area (Å²) in [6.45, 7) is 2.48. The fraction of sp³-hybridized carbons (Fsp3) is 0.185. The lowest BCUT2D eigenvalue weighted by Gasteiger charge is -2.15. The van der Waals surface area contributed by atoms with Crippen molar-refractivity contribution < 1.29 is 14.1 Å². The van der Waals surface area contributed by atoms with Gasteiger partial charge in [0.05, 0.1) is 12.6 Å². The summed E-state index contributed by atoms with van der Waals surface area (Å²) >= 11 is 0. The Labute approximate surface area is 206 Å². The van der Waals surface area contributed by atoms with Crippen LogP contribution in [0.4, 0.5) is 0 Å². The van der Waals surface area contributed by atoms with Gasteiger partial charge in [0.1, 0.15) is 18.9 Å². The van der Waals surface area contributed by atoms with Gasteiger partial charge in [-0.05, 0) is 65.1 Å². The van der Waals surface area contributed by atoms with Gasteiger partial charge >= 0.3 is 11.4 Å². The van der Waals surface area contributed by atoms with Gasteiger partial charge in [-0.3, -0.25) is 4.79 Å². The number of carbonyl (C=O) groups is 1. The molecule has 1 amide bonds. The van der Waals surface area contributed by atoms with Gasteiger partial charge in [0, 0.05) is 12.6 Å². The Bertz CT molecular complexity index is 1540. The number of aromatic nitrogens is 2.